The summed E-state index contributed by atoms with van der Waals surface area (Å²) in [5.74, 6) is 19.5. The summed E-state index contributed by atoms with van der Waals surface area (Å²) in [4.78, 5) is 0. The van der Waals surface area contributed by atoms with Crippen LogP contribution < -0.4 is 0 Å². The Balaban J connectivity index is 2.03. The summed E-state index contributed by atoms with van der Waals surface area (Å²) in [5.41, 5.74) is 5.52. The van der Waals surface area contributed by atoms with Crippen molar-refractivity contribution in [2.45, 2.75) is 0 Å². The second kappa shape index (κ2) is 6.75. The van der Waals surface area contributed by atoms with Crippen LogP contribution in [-0.4, -0.2) is 0 Å². The van der Waals surface area contributed by atoms with Gasteiger partial charge in [-0.1, -0.05) is 75.7 Å². The van der Waals surface area contributed by atoms with E-state index >= 15 is 0 Å². The van der Waals surface area contributed by atoms with Gasteiger partial charge in [-0.3, -0.25) is 0 Å². The molecule has 0 amide bonds. The van der Waals surface area contributed by atoms with E-state index < -0.39 is 0 Å². The van der Waals surface area contributed by atoms with Crippen molar-refractivity contribution in [3.05, 3.63) is 105 Å². The lowest BCUT2D eigenvalue weighted by molar-refractivity contribution is 1.53. The summed E-state index contributed by atoms with van der Waals surface area (Å²) < 4.78 is 0.989. The Labute approximate surface area is 156 Å². The molecule has 0 fully saturated rings. The van der Waals surface area contributed by atoms with Crippen LogP contribution in [0.3, 0.4) is 0 Å². The minimum Gasteiger partial charge on any atom is -0.0609 e. The maximum Gasteiger partial charge on any atom is 0.0417 e. The zero-order valence-corrected chi connectivity index (χ0v) is 14.8. The molecule has 0 saturated heterocycles. The van der Waals surface area contributed by atoms with E-state index in [2.05, 4.69) is 51.5 Å². The van der Waals surface area contributed by atoms with Gasteiger partial charge in [0.25, 0.3) is 0 Å². The first-order chi connectivity index (χ1) is 12.3. The van der Waals surface area contributed by atoms with Gasteiger partial charge < -0.3 is 0 Å². The van der Waals surface area contributed by atoms with Gasteiger partial charge in [0.15, 0.2) is 0 Å². The van der Waals surface area contributed by atoms with E-state index in [0.29, 0.717) is 0 Å². The van der Waals surface area contributed by atoms with Crippen LogP contribution >= 0.6 is 15.9 Å². The zero-order valence-electron chi connectivity index (χ0n) is 13.2. The lowest BCUT2D eigenvalue weighted by Gasteiger charge is -2.01. The van der Waals surface area contributed by atoms with Crippen LogP contribution in [0.4, 0.5) is 0 Å². The largest absolute Gasteiger partial charge is 0.0609 e. The van der Waals surface area contributed by atoms with Crippen molar-refractivity contribution >= 4 is 15.9 Å². The zero-order chi connectivity index (χ0) is 17.1. The van der Waals surface area contributed by atoms with Crippen LogP contribution in [-0.2, 0) is 0 Å². The predicted octanol–water partition coefficient (Wildman–Crippen LogP) is 4.96. The molecule has 0 bridgehead atoms. The summed E-state index contributed by atoms with van der Waals surface area (Å²) in [6.07, 6.45) is 0. The third-order valence-electron chi connectivity index (χ3n) is 3.83. The second-order valence-electron chi connectivity index (χ2n) is 5.53. The predicted molar refractivity (Wildman–Crippen MR) is 105 cm³/mol. The van der Waals surface area contributed by atoms with Crippen molar-refractivity contribution in [1.82, 2.24) is 0 Å². The van der Waals surface area contributed by atoms with Crippen molar-refractivity contribution in [1.29, 1.82) is 0 Å². The summed E-state index contributed by atoms with van der Waals surface area (Å²) in [5, 5.41) is 0. The Morgan fingerprint density at radius 2 is 0.800 bits per heavy atom. The van der Waals surface area contributed by atoms with Gasteiger partial charge in [-0.2, -0.15) is 0 Å². The van der Waals surface area contributed by atoms with E-state index in [4.69, 9.17) is 0 Å². The average molecular weight is 379 g/mol. The van der Waals surface area contributed by atoms with E-state index in [0.717, 1.165) is 37.9 Å². The molecule has 0 aromatic heterocycles. The molecule has 114 valence electrons. The molecule has 4 rings (SSSR count). The van der Waals surface area contributed by atoms with Crippen LogP contribution in [0, 0.1) is 35.5 Å². The first-order valence-corrected chi connectivity index (χ1v) is 8.62. The van der Waals surface area contributed by atoms with Gasteiger partial charge in [-0.25, -0.2) is 0 Å². The van der Waals surface area contributed by atoms with Gasteiger partial charge in [0.05, 0.1) is 0 Å². The third kappa shape index (κ3) is 3.36. The Hall–Kier alpha value is -3.18. The topological polar surface area (TPSA) is 0 Å². The summed E-state index contributed by atoms with van der Waals surface area (Å²) >= 11 is 3.52. The maximum absolute atomic E-state index is 3.52. The van der Waals surface area contributed by atoms with E-state index in [-0.39, 0.29) is 0 Å². The lowest BCUT2D eigenvalue weighted by Crippen LogP contribution is -1.89. The molecule has 3 aromatic carbocycles. The van der Waals surface area contributed by atoms with Crippen LogP contribution in [0.25, 0.3) is 0 Å². The summed E-state index contributed by atoms with van der Waals surface area (Å²) in [6.45, 7) is 0. The molecular formula is C24H11Br. The molecule has 0 spiro atoms. The van der Waals surface area contributed by atoms with E-state index in [1.54, 1.807) is 0 Å². The molecule has 0 heterocycles. The molecule has 3 aromatic rings. The van der Waals surface area contributed by atoms with Crippen LogP contribution in [0.1, 0.15) is 33.4 Å². The Bertz CT molecular complexity index is 1160. The van der Waals surface area contributed by atoms with Gasteiger partial charge in [0.2, 0.25) is 0 Å². The molecular weight excluding hydrogens is 368 g/mol. The fourth-order valence-electron chi connectivity index (χ4n) is 2.54. The number of halogens is 1. The minimum atomic E-state index is 0.905. The first kappa shape index (κ1) is 15.4. The number of rotatable bonds is 0. The van der Waals surface area contributed by atoms with Gasteiger partial charge >= 0.3 is 0 Å². The second-order valence-corrected chi connectivity index (χ2v) is 6.45. The quantitative estimate of drug-likeness (QED) is 0.379. The number of fused-ring (bicyclic) bond motifs is 3. The number of hydrogen-bond acceptors (Lipinski definition) is 0. The van der Waals surface area contributed by atoms with Crippen molar-refractivity contribution in [3.8, 4) is 35.5 Å². The lowest BCUT2D eigenvalue weighted by atomic mass is 10.0. The molecule has 1 aliphatic carbocycles. The van der Waals surface area contributed by atoms with Crippen molar-refractivity contribution in [3.63, 3.8) is 0 Å². The van der Waals surface area contributed by atoms with E-state index in [1.807, 2.05) is 66.7 Å². The van der Waals surface area contributed by atoms with Gasteiger partial charge in [-0.15, -0.1) is 0 Å². The number of hydrogen-bond donors (Lipinski definition) is 0. The molecule has 1 aliphatic rings. The summed E-state index contributed by atoms with van der Waals surface area (Å²) in [7, 11) is 0. The molecule has 0 radical (unpaired) electrons. The molecule has 25 heavy (non-hydrogen) atoms. The van der Waals surface area contributed by atoms with Crippen LogP contribution in [0.15, 0.2) is 71.2 Å². The highest BCUT2D eigenvalue weighted by molar-refractivity contribution is 9.10. The SMILES string of the molecule is Brc1ccc2c(c1)C#Cc1ccccc1C#Cc1ccccc1C#C2. The molecule has 0 atom stereocenters. The van der Waals surface area contributed by atoms with E-state index in [9.17, 15) is 0 Å². The van der Waals surface area contributed by atoms with Crippen molar-refractivity contribution in [2.24, 2.45) is 0 Å². The van der Waals surface area contributed by atoms with Gasteiger partial charge in [-0.05, 0) is 42.5 Å². The average Bonchev–Trinajstić information content (AvgIpc) is 2.64. The van der Waals surface area contributed by atoms with Crippen LogP contribution in [0.5, 0.6) is 0 Å². The normalized spacial score (nSPS) is 10.6. The Morgan fingerprint density at radius 3 is 1.24 bits per heavy atom. The standard InChI is InChI=1S/C24H11Br/c25-24-16-15-22-12-11-20-7-2-1-5-18(20)9-10-19-6-3-4-8-21(19)13-14-23(22)17-24/h1-8,15-17H. The molecule has 1 heteroatoms. The van der Waals surface area contributed by atoms with Gasteiger partial charge in [0, 0.05) is 37.9 Å². The van der Waals surface area contributed by atoms with Crippen molar-refractivity contribution < 1.29 is 0 Å². The highest BCUT2D eigenvalue weighted by Gasteiger charge is 2.02. The molecule has 0 unspecified atom stereocenters. The smallest absolute Gasteiger partial charge is 0.0417 e. The highest BCUT2D eigenvalue weighted by Crippen LogP contribution is 2.17. The van der Waals surface area contributed by atoms with Crippen LogP contribution in [0.2, 0.25) is 0 Å². The van der Waals surface area contributed by atoms with E-state index in [1.165, 1.54) is 0 Å². The Morgan fingerprint density at radius 1 is 0.440 bits per heavy atom. The number of benzene rings is 3. The van der Waals surface area contributed by atoms with Crippen molar-refractivity contribution in [2.75, 3.05) is 0 Å². The fraction of sp³-hybridized carbons (Fsp3) is 0. The fourth-order valence-corrected chi connectivity index (χ4v) is 2.90. The first-order valence-electron chi connectivity index (χ1n) is 7.83. The monoisotopic (exact) mass is 378 g/mol. The third-order valence-corrected chi connectivity index (χ3v) is 4.32. The highest BCUT2D eigenvalue weighted by atomic mass is 79.9. The summed E-state index contributed by atoms with van der Waals surface area (Å²) in [6, 6.07) is 21.9. The minimum absolute atomic E-state index is 0.905. The molecule has 0 saturated carbocycles. The Kier molecular flexibility index (Phi) is 4.14. The molecule has 0 nitrogen and oxygen atoms in total. The van der Waals surface area contributed by atoms with Gasteiger partial charge in [0.1, 0.15) is 0 Å². The maximum atomic E-state index is 3.52. The molecule has 0 aliphatic heterocycles. The molecule has 0 N–H and O–H groups in total.